The first-order chi connectivity index (χ1) is 8.08. The summed E-state index contributed by atoms with van der Waals surface area (Å²) in [6.07, 6.45) is 2.48. The molecule has 0 amide bonds. The van der Waals surface area contributed by atoms with Crippen molar-refractivity contribution in [1.82, 2.24) is 0 Å². The van der Waals surface area contributed by atoms with Crippen molar-refractivity contribution >= 4 is 9.84 Å². The van der Waals surface area contributed by atoms with Crippen molar-refractivity contribution in [1.29, 1.82) is 0 Å². The van der Waals surface area contributed by atoms with Gasteiger partial charge in [-0.3, -0.25) is 0 Å². The first-order valence-corrected chi connectivity index (χ1v) is 7.33. The number of ether oxygens (including phenoxy) is 1. The van der Waals surface area contributed by atoms with Gasteiger partial charge in [0.05, 0.1) is 16.8 Å². The van der Waals surface area contributed by atoms with E-state index in [0.717, 1.165) is 25.3 Å². The Morgan fingerprint density at radius 1 is 1.35 bits per heavy atom. The number of hydrogen-bond acceptors (Lipinski definition) is 3. The van der Waals surface area contributed by atoms with Gasteiger partial charge in [-0.1, -0.05) is 6.07 Å². The second-order valence-corrected chi connectivity index (χ2v) is 6.26. The van der Waals surface area contributed by atoms with E-state index in [1.807, 2.05) is 0 Å². The molecule has 0 N–H and O–H groups in total. The lowest BCUT2D eigenvalue weighted by atomic mass is 10.1. The first kappa shape index (κ1) is 12.5. The van der Waals surface area contributed by atoms with Crippen LogP contribution < -0.4 is 0 Å². The van der Waals surface area contributed by atoms with E-state index in [1.165, 1.54) is 18.2 Å². The number of rotatable bonds is 3. The largest absolute Gasteiger partial charge is 0.377 e. The van der Waals surface area contributed by atoms with Gasteiger partial charge < -0.3 is 4.74 Å². The Kier molecular flexibility index (Phi) is 3.79. The van der Waals surface area contributed by atoms with Crippen LogP contribution in [0.4, 0.5) is 4.39 Å². The number of halogens is 1. The SMILES string of the molecule is O=S(=O)(CC1CCCCO1)c1cccc(F)c1. The summed E-state index contributed by atoms with van der Waals surface area (Å²) in [6, 6.07) is 5.11. The topological polar surface area (TPSA) is 43.4 Å². The zero-order valence-electron chi connectivity index (χ0n) is 9.43. The summed E-state index contributed by atoms with van der Waals surface area (Å²) in [5.74, 6) is -0.591. The molecule has 0 spiro atoms. The Labute approximate surface area is 101 Å². The molecule has 1 aromatic rings. The maximum absolute atomic E-state index is 13.0. The number of hydrogen-bond donors (Lipinski definition) is 0. The fraction of sp³-hybridized carbons (Fsp3) is 0.500. The molecule has 2 rings (SSSR count). The molecule has 1 unspecified atom stereocenters. The third-order valence-electron chi connectivity index (χ3n) is 2.83. The Morgan fingerprint density at radius 2 is 2.18 bits per heavy atom. The van der Waals surface area contributed by atoms with E-state index in [1.54, 1.807) is 0 Å². The van der Waals surface area contributed by atoms with Crippen LogP contribution in [0.25, 0.3) is 0 Å². The molecule has 0 radical (unpaired) electrons. The number of sulfone groups is 1. The Bertz CT molecular complexity index is 478. The summed E-state index contributed by atoms with van der Waals surface area (Å²) in [4.78, 5) is 0.0340. The highest BCUT2D eigenvalue weighted by Gasteiger charge is 2.23. The predicted octanol–water partition coefficient (Wildman–Crippen LogP) is 2.17. The van der Waals surface area contributed by atoms with Crippen LogP contribution in [-0.2, 0) is 14.6 Å². The van der Waals surface area contributed by atoms with Crippen molar-refractivity contribution in [2.45, 2.75) is 30.3 Å². The summed E-state index contributed by atoms with van der Waals surface area (Å²) < 4.78 is 42.4. The summed E-state index contributed by atoms with van der Waals surface area (Å²) in [5.41, 5.74) is 0. The molecule has 1 atom stereocenters. The standard InChI is InChI=1S/C12H15FO3S/c13-10-4-3-6-12(8-10)17(14,15)9-11-5-1-2-7-16-11/h3-4,6,8,11H,1-2,5,7,9H2. The monoisotopic (exact) mass is 258 g/mol. The van der Waals surface area contributed by atoms with Crippen LogP contribution in [0.15, 0.2) is 29.2 Å². The van der Waals surface area contributed by atoms with Crippen LogP contribution in [0, 0.1) is 5.82 Å². The maximum atomic E-state index is 13.0. The van der Waals surface area contributed by atoms with Gasteiger partial charge in [0.25, 0.3) is 0 Å². The minimum atomic E-state index is -3.45. The van der Waals surface area contributed by atoms with Crippen molar-refractivity contribution in [2.75, 3.05) is 12.4 Å². The molecule has 0 aromatic heterocycles. The predicted molar refractivity (Wildman–Crippen MR) is 62.0 cm³/mol. The normalized spacial score (nSPS) is 21.4. The Hall–Kier alpha value is -0.940. The van der Waals surface area contributed by atoms with Crippen molar-refractivity contribution in [2.24, 2.45) is 0 Å². The average molecular weight is 258 g/mol. The smallest absolute Gasteiger partial charge is 0.181 e. The zero-order valence-corrected chi connectivity index (χ0v) is 10.2. The third kappa shape index (κ3) is 3.26. The van der Waals surface area contributed by atoms with E-state index in [9.17, 15) is 12.8 Å². The lowest BCUT2D eigenvalue weighted by molar-refractivity contribution is 0.0305. The third-order valence-corrected chi connectivity index (χ3v) is 4.62. The summed E-state index contributed by atoms with van der Waals surface area (Å²) in [5, 5.41) is 0. The van der Waals surface area contributed by atoms with Gasteiger partial charge in [0.15, 0.2) is 9.84 Å². The van der Waals surface area contributed by atoms with Gasteiger partial charge in [-0.2, -0.15) is 0 Å². The summed E-state index contributed by atoms with van der Waals surface area (Å²) >= 11 is 0. The molecule has 17 heavy (non-hydrogen) atoms. The average Bonchev–Trinajstić information content (AvgIpc) is 2.30. The lowest BCUT2D eigenvalue weighted by Crippen LogP contribution is -2.27. The van der Waals surface area contributed by atoms with Gasteiger partial charge in [-0.25, -0.2) is 12.8 Å². The maximum Gasteiger partial charge on any atom is 0.181 e. The Balaban J connectivity index is 2.13. The highest BCUT2D eigenvalue weighted by Crippen LogP contribution is 2.19. The molecule has 0 bridgehead atoms. The van der Waals surface area contributed by atoms with Gasteiger partial charge in [-0.15, -0.1) is 0 Å². The lowest BCUT2D eigenvalue weighted by Gasteiger charge is -2.22. The molecule has 1 fully saturated rings. The van der Waals surface area contributed by atoms with Crippen LogP contribution in [0.3, 0.4) is 0 Å². The summed E-state index contributed by atoms with van der Waals surface area (Å²) in [6.45, 7) is 0.614. The highest BCUT2D eigenvalue weighted by atomic mass is 32.2. The van der Waals surface area contributed by atoms with E-state index in [0.29, 0.717) is 6.61 Å². The molecule has 5 heteroatoms. The van der Waals surface area contributed by atoms with Gasteiger partial charge >= 0.3 is 0 Å². The fourth-order valence-corrected chi connectivity index (χ4v) is 3.46. The van der Waals surface area contributed by atoms with E-state index in [4.69, 9.17) is 4.74 Å². The Morgan fingerprint density at radius 3 is 2.82 bits per heavy atom. The molecule has 1 aromatic carbocycles. The van der Waals surface area contributed by atoms with Gasteiger partial charge in [0.2, 0.25) is 0 Å². The second-order valence-electron chi connectivity index (χ2n) is 4.23. The molecule has 0 aliphatic carbocycles. The molecule has 1 heterocycles. The van der Waals surface area contributed by atoms with Crippen molar-refractivity contribution in [3.63, 3.8) is 0 Å². The number of benzene rings is 1. The zero-order chi connectivity index (χ0) is 12.3. The fourth-order valence-electron chi connectivity index (χ4n) is 1.94. The first-order valence-electron chi connectivity index (χ1n) is 5.68. The van der Waals surface area contributed by atoms with Crippen molar-refractivity contribution < 1.29 is 17.5 Å². The molecular formula is C12H15FO3S. The highest BCUT2D eigenvalue weighted by molar-refractivity contribution is 7.91. The van der Waals surface area contributed by atoms with Crippen LogP contribution in [0.5, 0.6) is 0 Å². The van der Waals surface area contributed by atoms with E-state index < -0.39 is 15.7 Å². The quantitative estimate of drug-likeness (QED) is 0.834. The van der Waals surface area contributed by atoms with E-state index in [-0.39, 0.29) is 16.8 Å². The van der Waals surface area contributed by atoms with Crippen LogP contribution in [-0.4, -0.2) is 26.9 Å². The van der Waals surface area contributed by atoms with Gasteiger partial charge in [0.1, 0.15) is 5.82 Å². The van der Waals surface area contributed by atoms with E-state index >= 15 is 0 Å². The molecule has 3 nitrogen and oxygen atoms in total. The van der Waals surface area contributed by atoms with Gasteiger partial charge in [-0.05, 0) is 37.5 Å². The van der Waals surface area contributed by atoms with Crippen LogP contribution in [0.2, 0.25) is 0 Å². The second kappa shape index (κ2) is 5.14. The minimum Gasteiger partial charge on any atom is -0.377 e. The van der Waals surface area contributed by atoms with Crippen LogP contribution >= 0.6 is 0 Å². The molecular weight excluding hydrogens is 243 g/mol. The van der Waals surface area contributed by atoms with Gasteiger partial charge in [0, 0.05) is 6.61 Å². The minimum absolute atomic E-state index is 0.0340. The summed E-state index contributed by atoms with van der Waals surface area (Å²) in [7, 11) is -3.45. The van der Waals surface area contributed by atoms with Crippen molar-refractivity contribution in [3.05, 3.63) is 30.1 Å². The molecule has 1 aliphatic rings. The van der Waals surface area contributed by atoms with Crippen LogP contribution in [0.1, 0.15) is 19.3 Å². The molecule has 0 saturated carbocycles. The molecule has 1 saturated heterocycles. The van der Waals surface area contributed by atoms with Crippen molar-refractivity contribution in [3.8, 4) is 0 Å². The molecule has 94 valence electrons. The molecule has 1 aliphatic heterocycles. The van der Waals surface area contributed by atoms with E-state index in [2.05, 4.69) is 0 Å².